The molecule has 0 aliphatic carbocycles. The lowest BCUT2D eigenvalue weighted by atomic mass is 10.2. The van der Waals surface area contributed by atoms with E-state index in [1.54, 1.807) is 6.92 Å². The van der Waals surface area contributed by atoms with Gasteiger partial charge < -0.3 is 14.5 Å². The molecule has 0 amide bonds. The van der Waals surface area contributed by atoms with Gasteiger partial charge in [-0.3, -0.25) is 0 Å². The average molecular weight is 183 g/mol. The highest BCUT2D eigenvalue weighted by Gasteiger charge is 2.24. The molecule has 1 aliphatic heterocycles. The van der Waals surface area contributed by atoms with Gasteiger partial charge in [0.2, 0.25) is 11.8 Å². The van der Waals surface area contributed by atoms with Gasteiger partial charge in [0.1, 0.15) is 6.10 Å². The van der Waals surface area contributed by atoms with Crippen LogP contribution in [0.3, 0.4) is 0 Å². The van der Waals surface area contributed by atoms with E-state index >= 15 is 0 Å². The lowest BCUT2D eigenvalue weighted by Crippen LogP contribution is -2.39. The Morgan fingerprint density at radius 2 is 2.23 bits per heavy atom. The highest BCUT2D eigenvalue weighted by atomic mass is 16.5. The van der Waals surface area contributed by atoms with E-state index < -0.39 is 0 Å². The van der Waals surface area contributed by atoms with Gasteiger partial charge in [-0.1, -0.05) is 0 Å². The Kier molecular flexibility index (Phi) is 2.28. The SMILES string of the molecule is Cc1nnc(C2CNCC(C)O2)o1. The molecule has 5 heteroatoms. The summed E-state index contributed by atoms with van der Waals surface area (Å²) in [4.78, 5) is 0. The normalized spacial score (nSPS) is 29.1. The molecule has 1 saturated heterocycles. The van der Waals surface area contributed by atoms with Crippen LogP contribution in [0.5, 0.6) is 0 Å². The summed E-state index contributed by atoms with van der Waals surface area (Å²) in [7, 11) is 0. The predicted octanol–water partition coefficient (Wildman–Crippen LogP) is 0.427. The van der Waals surface area contributed by atoms with Gasteiger partial charge in [0.15, 0.2) is 0 Å². The van der Waals surface area contributed by atoms with Crippen LogP contribution in [0.4, 0.5) is 0 Å². The molecule has 72 valence electrons. The molecule has 0 saturated carbocycles. The first kappa shape index (κ1) is 8.65. The third kappa shape index (κ3) is 1.87. The van der Waals surface area contributed by atoms with Gasteiger partial charge in [0.25, 0.3) is 0 Å². The van der Waals surface area contributed by atoms with Gasteiger partial charge in [-0.2, -0.15) is 0 Å². The molecule has 0 radical (unpaired) electrons. The van der Waals surface area contributed by atoms with Gasteiger partial charge in [0, 0.05) is 20.0 Å². The van der Waals surface area contributed by atoms with E-state index in [4.69, 9.17) is 9.15 Å². The van der Waals surface area contributed by atoms with Crippen LogP contribution in [0.1, 0.15) is 24.8 Å². The van der Waals surface area contributed by atoms with Gasteiger partial charge in [-0.15, -0.1) is 10.2 Å². The monoisotopic (exact) mass is 183 g/mol. The zero-order valence-corrected chi connectivity index (χ0v) is 7.78. The van der Waals surface area contributed by atoms with Crippen molar-refractivity contribution in [2.24, 2.45) is 0 Å². The first-order chi connectivity index (χ1) is 6.25. The Balaban J connectivity index is 2.08. The van der Waals surface area contributed by atoms with Crippen LogP contribution in [-0.4, -0.2) is 29.4 Å². The fourth-order valence-electron chi connectivity index (χ4n) is 1.38. The number of morpholine rings is 1. The van der Waals surface area contributed by atoms with Crippen molar-refractivity contribution in [2.75, 3.05) is 13.1 Å². The second-order valence-electron chi connectivity index (χ2n) is 3.25. The predicted molar refractivity (Wildman–Crippen MR) is 45.2 cm³/mol. The van der Waals surface area contributed by atoms with Crippen LogP contribution in [-0.2, 0) is 4.74 Å². The van der Waals surface area contributed by atoms with Gasteiger partial charge in [-0.05, 0) is 6.92 Å². The molecule has 0 spiro atoms. The Hall–Kier alpha value is -0.940. The van der Waals surface area contributed by atoms with Crippen molar-refractivity contribution >= 4 is 0 Å². The van der Waals surface area contributed by atoms with Crippen LogP contribution in [0.15, 0.2) is 4.42 Å². The summed E-state index contributed by atoms with van der Waals surface area (Å²) in [6, 6.07) is 0. The molecular formula is C8H13N3O2. The molecule has 1 aliphatic rings. The van der Waals surface area contributed by atoms with Crippen molar-refractivity contribution in [3.8, 4) is 0 Å². The molecule has 0 aromatic carbocycles. The van der Waals surface area contributed by atoms with Crippen LogP contribution in [0.2, 0.25) is 0 Å². The minimum atomic E-state index is -0.0926. The molecule has 1 N–H and O–H groups in total. The van der Waals surface area contributed by atoms with Crippen LogP contribution in [0.25, 0.3) is 0 Å². The fraction of sp³-hybridized carbons (Fsp3) is 0.750. The van der Waals surface area contributed by atoms with Crippen molar-refractivity contribution in [3.05, 3.63) is 11.8 Å². The number of nitrogens with zero attached hydrogens (tertiary/aromatic N) is 2. The molecule has 13 heavy (non-hydrogen) atoms. The van der Waals surface area contributed by atoms with Crippen LogP contribution < -0.4 is 5.32 Å². The number of rotatable bonds is 1. The largest absolute Gasteiger partial charge is 0.423 e. The second-order valence-corrected chi connectivity index (χ2v) is 3.25. The topological polar surface area (TPSA) is 60.2 Å². The zero-order valence-electron chi connectivity index (χ0n) is 7.78. The third-order valence-corrected chi connectivity index (χ3v) is 1.98. The molecule has 1 aromatic rings. The van der Waals surface area contributed by atoms with Gasteiger partial charge >= 0.3 is 0 Å². The molecule has 2 unspecified atom stereocenters. The summed E-state index contributed by atoms with van der Waals surface area (Å²) in [6.45, 7) is 5.41. The second kappa shape index (κ2) is 3.43. The van der Waals surface area contributed by atoms with Crippen LogP contribution in [0, 0.1) is 6.92 Å². The Morgan fingerprint density at radius 1 is 1.38 bits per heavy atom. The molecule has 5 nitrogen and oxygen atoms in total. The van der Waals surface area contributed by atoms with Crippen molar-refractivity contribution in [3.63, 3.8) is 0 Å². The summed E-state index contributed by atoms with van der Waals surface area (Å²) in [5.74, 6) is 1.15. The van der Waals surface area contributed by atoms with Crippen LogP contribution >= 0.6 is 0 Å². The van der Waals surface area contributed by atoms with Gasteiger partial charge in [0.05, 0.1) is 6.10 Å². The maximum absolute atomic E-state index is 5.63. The highest BCUT2D eigenvalue weighted by Crippen LogP contribution is 2.19. The first-order valence-corrected chi connectivity index (χ1v) is 4.42. The Bertz CT molecular complexity index is 287. The number of aromatic nitrogens is 2. The number of aryl methyl sites for hydroxylation is 1. The van der Waals surface area contributed by atoms with E-state index in [1.165, 1.54) is 0 Å². The zero-order chi connectivity index (χ0) is 9.26. The van der Waals surface area contributed by atoms with Crippen molar-refractivity contribution < 1.29 is 9.15 Å². The number of nitrogens with one attached hydrogen (secondary N) is 1. The molecule has 2 heterocycles. The van der Waals surface area contributed by atoms with E-state index in [1.807, 2.05) is 6.92 Å². The van der Waals surface area contributed by atoms with E-state index in [0.29, 0.717) is 11.8 Å². The lowest BCUT2D eigenvalue weighted by molar-refractivity contribution is -0.0419. The van der Waals surface area contributed by atoms with E-state index in [2.05, 4.69) is 15.5 Å². The summed E-state index contributed by atoms with van der Waals surface area (Å²) in [5, 5.41) is 10.9. The third-order valence-electron chi connectivity index (χ3n) is 1.98. The summed E-state index contributed by atoms with van der Waals surface area (Å²) in [6.07, 6.45) is 0.107. The molecule has 1 aromatic heterocycles. The van der Waals surface area contributed by atoms with E-state index in [0.717, 1.165) is 13.1 Å². The smallest absolute Gasteiger partial charge is 0.246 e. The minimum absolute atomic E-state index is 0.0926. The summed E-state index contributed by atoms with van der Waals surface area (Å²) < 4.78 is 10.9. The Morgan fingerprint density at radius 3 is 2.85 bits per heavy atom. The van der Waals surface area contributed by atoms with E-state index in [9.17, 15) is 0 Å². The van der Waals surface area contributed by atoms with Crippen molar-refractivity contribution in [1.29, 1.82) is 0 Å². The Labute approximate surface area is 76.5 Å². The first-order valence-electron chi connectivity index (χ1n) is 4.42. The molecule has 0 bridgehead atoms. The quantitative estimate of drug-likeness (QED) is 0.684. The molecular weight excluding hydrogens is 170 g/mol. The van der Waals surface area contributed by atoms with Crippen molar-refractivity contribution in [1.82, 2.24) is 15.5 Å². The molecule has 2 atom stereocenters. The maximum atomic E-state index is 5.63. The minimum Gasteiger partial charge on any atom is -0.423 e. The van der Waals surface area contributed by atoms with Crippen molar-refractivity contribution in [2.45, 2.75) is 26.1 Å². The standard InChI is InChI=1S/C8H13N3O2/c1-5-3-9-4-7(12-5)8-11-10-6(2)13-8/h5,7,9H,3-4H2,1-2H3. The molecule has 2 rings (SSSR count). The van der Waals surface area contributed by atoms with Gasteiger partial charge in [-0.25, -0.2) is 0 Å². The summed E-state index contributed by atoms with van der Waals surface area (Å²) >= 11 is 0. The fourth-order valence-corrected chi connectivity index (χ4v) is 1.38. The lowest BCUT2D eigenvalue weighted by Gasteiger charge is -2.26. The summed E-state index contributed by atoms with van der Waals surface area (Å²) in [5.41, 5.74) is 0. The highest BCUT2D eigenvalue weighted by molar-refractivity contribution is 4.89. The number of ether oxygens (including phenoxy) is 1. The average Bonchev–Trinajstić information content (AvgIpc) is 2.52. The maximum Gasteiger partial charge on any atom is 0.246 e. The number of hydrogen-bond donors (Lipinski definition) is 1. The number of hydrogen-bond acceptors (Lipinski definition) is 5. The van der Waals surface area contributed by atoms with E-state index in [-0.39, 0.29) is 12.2 Å². The molecule has 1 fully saturated rings.